The number of aromatic nitrogens is 1. The van der Waals surface area contributed by atoms with Gasteiger partial charge in [-0.1, -0.05) is 0 Å². The molecule has 0 radical (unpaired) electrons. The average molecular weight is 354 g/mol. The normalized spacial score (nSPS) is 13.0. The number of benzene rings is 1. The molecule has 6 heteroatoms. The predicted octanol–water partition coefficient (Wildman–Crippen LogP) is 2.64. The minimum atomic E-state index is 0.102. The topological polar surface area (TPSA) is 87.1 Å². The number of aldehydes is 1. The number of pyridine rings is 1. The van der Waals surface area contributed by atoms with E-state index >= 15 is 0 Å². The molecule has 0 amide bonds. The van der Waals surface area contributed by atoms with E-state index < -0.39 is 0 Å². The number of allylic oxidation sites excluding steroid dienone is 2. The van der Waals surface area contributed by atoms with Crippen LogP contribution in [0.15, 0.2) is 36.2 Å². The summed E-state index contributed by atoms with van der Waals surface area (Å²) in [6, 6.07) is 7.73. The molecular formula is C20H26N4O2. The first-order valence-electron chi connectivity index (χ1n) is 8.63. The fourth-order valence-corrected chi connectivity index (χ4v) is 2.81. The molecule has 1 heterocycles. The fraction of sp³-hybridized carbons (Fsp3) is 0.350. The maximum Gasteiger partial charge on any atom is 0.129 e. The van der Waals surface area contributed by atoms with Crippen LogP contribution in [-0.2, 0) is 4.79 Å². The first-order valence-corrected chi connectivity index (χ1v) is 8.63. The van der Waals surface area contributed by atoms with Crippen LogP contribution in [0.4, 0.5) is 0 Å². The van der Waals surface area contributed by atoms with Crippen molar-refractivity contribution in [3.8, 4) is 5.75 Å². The van der Waals surface area contributed by atoms with E-state index in [4.69, 9.17) is 10.1 Å². The Morgan fingerprint density at radius 1 is 1.38 bits per heavy atom. The van der Waals surface area contributed by atoms with Gasteiger partial charge in [-0.2, -0.15) is 0 Å². The average Bonchev–Trinajstić information content (AvgIpc) is 2.66. The van der Waals surface area contributed by atoms with Crippen LogP contribution < -0.4 is 15.4 Å². The maximum absolute atomic E-state index is 10.9. The van der Waals surface area contributed by atoms with Gasteiger partial charge in [0.25, 0.3) is 0 Å². The van der Waals surface area contributed by atoms with Crippen LogP contribution in [0.3, 0.4) is 0 Å². The van der Waals surface area contributed by atoms with E-state index in [-0.39, 0.29) is 5.92 Å². The zero-order chi connectivity index (χ0) is 18.9. The molecule has 6 nitrogen and oxygen atoms in total. The summed E-state index contributed by atoms with van der Waals surface area (Å²) >= 11 is 0. The molecule has 0 spiro atoms. The van der Waals surface area contributed by atoms with Gasteiger partial charge in [0.05, 0.1) is 12.1 Å². The van der Waals surface area contributed by atoms with E-state index in [9.17, 15) is 4.79 Å². The summed E-state index contributed by atoms with van der Waals surface area (Å²) in [5.41, 5.74) is 3.36. The lowest BCUT2D eigenvalue weighted by Crippen LogP contribution is -2.24. The number of fused-ring (bicyclic) bond motifs is 1. The fourth-order valence-electron chi connectivity index (χ4n) is 2.81. The van der Waals surface area contributed by atoms with E-state index in [1.54, 1.807) is 6.20 Å². The Bertz CT molecular complexity index is 801. The first-order chi connectivity index (χ1) is 12.6. The number of hydrogen-bond acceptors (Lipinski definition) is 6. The highest BCUT2D eigenvalue weighted by atomic mass is 16.5. The molecule has 0 aliphatic heterocycles. The molecule has 1 aromatic heterocycles. The largest absolute Gasteiger partial charge is 0.493 e. The summed E-state index contributed by atoms with van der Waals surface area (Å²) in [7, 11) is 3.69. The number of carbonyl (C=O) groups is 1. The Labute approximate surface area is 154 Å². The lowest BCUT2D eigenvalue weighted by Gasteiger charge is -2.17. The second-order valence-electron chi connectivity index (χ2n) is 6.11. The number of ether oxygens (including phenoxy) is 1. The second-order valence-corrected chi connectivity index (χ2v) is 6.11. The standard InChI is InChI=1S/C20H26N4O2/c1-14(23-3)18(11-21)16-9-19-17(5-4-7-24-19)20(10-16)26-13-15(6-8-25)12-22-2/h4-5,7-11,15,21-23H,6,12-13H2,1-3H3/b18-14+,21-11?. The Morgan fingerprint density at radius 3 is 2.85 bits per heavy atom. The Hall–Kier alpha value is -2.73. The van der Waals surface area contributed by atoms with Crippen LogP contribution in [0.5, 0.6) is 5.75 Å². The van der Waals surface area contributed by atoms with Crippen LogP contribution in [0, 0.1) is 11.3 Å². The van der Waals surface area contributed by atoms with Gasteiger partial charge in [-0.3, -0.25) is 4.98 Å². The molecule has 0 saturated heterocycles. The lowest BCUT2D eigenvalue weighted by atomic mass is 10.0. The third-order valence-corrected chi connectivity index (χ3v) is 4.31. The van der Waals surface area contributed by atoms with E-state index in [0.29, 0.717) is 25.3 Å². The van der Waals surface area contributed by atoms with Crippen molar-refractivity contribution in [1.29, 1.82) is 5.41 Å². The molecule has 0 aliphatic rings. The molecule has 2 rings (SSSR count). The van der Waals surface area contributed by atoms with Crippen LogP contribution in [0.25, 0.3) is 16.5 Å². The summed E-state index contributed by atoms with van der Waals surface area (Å²) < 4.78 is 6.08. The minimum Gasteiger partial charge on any atom is -0.493 e. The molecule has 0 bridgehead atoms. The van der Waals surface area contributed by atoms with Crippen molar-refractivity contribution in [2.45, 2.75) is 13.3 Å². The Morgan fingerprint density at radius 2 is 2.19 bits per heavy atom. The molecule has 1 aromatic carbocycles. The van der Waals surface area contributed by atoms with Gasteiger partial charge in [-0.05, 0) is 43.8 Å². The van der Waals surface area contributed by atoms with Crippen molar-refractivity contribution in [3.05, 3.63) is 41.7 Å². The van der Waals surface area contributed by atoms with Crippen LogP contribution >= 0.6 is 0 Å². The monoisotopic (exact) mass is 354 g/mol. The quantitative estimate of drug-likeness (QED) is 0.451. The third kappa shape index (κ3) is 4.67. The van der Waals surface area contributed by atoms with Crippen LogP contribution in [0.1, 0.15) is 18.9 Å². The minimum absolute atomic E-state index is 0.102. The molecular weight excluding hydrogens is 328 g/mol. The highest BCUT2D eigenvalue weighted by molar-refractivity contribution is 6.10. The second kappa shape index (κ2) is 9.68. The highest BCUT2D eigenvalue weighted by Gasteiger charge is 2.13. The highest BCUT2D eigenvalue weighted by Crippen LogP contribution is 2.30. The van der Waals surface area contributed by atoms with Crippen LogP contribution in [-0.4, -0.2) is 44.7 Å². The molecule has 0 saturated carbocycles. The van der Waals surface area contributed by atoms with Gasteiger partial charge < -0.3 is 25.6 Å². The molecule has 0 aliphatic carbocycles. The van der Waals surface area contributed by atoms with Crippen LogP contribution in [0.2, 0.25) is 0 Å². The van der Waals surface area contributed by atoms with E-state index in [2.05, 4.69) is 15.6 Å². The molecule has 26 heavy (non-hydrogen) atoms. The summed E-state index contributed by atoms with van der Waals surface area (Å²) in [5, 5.41) is 14.8. The van der Waals surface area contributed by atoms with Crippen molar-refractivity contribution >= 4 is 29.0 Å². The summed E-state index contributed by atoms with van der Waals surface area (Å²) in [6.45, 7) is 3.07. The maximum atomic E-state index is 10.9. The number of rotatable bonds is 10. The Balaban J connectivity index is 2.44. The van der Waals surface area contributed by atoms with Gasteiger partial charge >= 0.3 is 0 Å². The van der Waals surface area contributed by atoms with Gasteiger partial charge in [-0.25, -0.2) is 0 Å². The number of nitrogens with zero attached hydrogens (tertiary/aromatic N) is 1. The Kier molecular flexibility index (Phi) is 7.29. The summed E-state index contributed by atoms with van der Waals surface area (Å²) in [6.07, 6.45) is 4.44. The molecule has 2 aromatic rings. The van der Waals surface area contributed by atoms with Crippen molar-refractivity contribution in [3.63, 3.8) is 0 Å². The number of hydrogen-bond donors (Lipinski definition) is 3. The molecule has 1 atom stereocenters. The lowest BCUT2D eigenvalue weighted by molar-refractivity contribution is -0.108. The van der Waals surface area contributed by atoms with Gasteiger partial charge in [0.2, 0.25) is 0 Å². The van der Waals surface area contributed by atoms with E-state index in [1.165, 1.54) is 6.21 Å². The predicted molar refractivity (Wildman–Crippen MR) is 106 cm³/mol. The van der Waals surface area contributed by atoms with Gasteiger partial charge in [0.1, 0.15) is 12.0 Å². The van der Waals surface area contributed by atoms with E-state index in [0.717, 1.165) is 34.0 Å². The molecule has 138 valence electrons. The zero-order valence-corrected chi connectivity index (χ0v) is 15.5. The van der Waals surface area contributed by atoms with Crippen molar-refractivity contribution in [2.75, 3.05) is 27.2 Å². The van der Waals surface area contributed by atoms with Crippen molar-refractivity contribution in [1.82, 2.24) is 15.6 Å². The molecule has 0 fully saturated rings. The van der Waals surface area contributed by atoms with E-state index in [1.807, 2.05) is 45.3 Å². The number of carbonyl (C=O) groups excluding carboxylic acids is 1. The SMILES string of the molecule is CNCC(CC=O)COc1cc(/C(C=N)=C(\C)NC)cc2ncccc12. The molecule has 1 unspecified atom stereocenters. The first kappa shape index (κ1) is 19.6. The summed E-state index contributed by atoms with van der Waals surface area (Å²) in [5.74, 6) is 0.811. The smallest absolute Gasteiger partial charge is 0.129 e. The van der Waals surface area contributed by atoms with Crippen molar-refractivity contribution < 1.29 is 9.53 Å². The zero-order valence-electron chi connectivity index (χ0n) is 15.5. The van der Waals surface area contributed by atoms with Crippen molar-refractivity contribution in [2.24, 2.45) is 5.92 Å². The summed E-state index contributed by atoms with van der Waals surface area (Å²) in [4.78, 5) is 15.3. The molecule has 3 N–H and O–H groups in total. The van der Waals surface area contributed by atoms with Gasteiger partial charge in [-0.15, -0.1) is 0 Å². The third-order valence-electron chi connectivity index (χ3n) is 4.31. The number of nitrogens with one attached hydrogen (secondary N) is 3. The van der Waals surface area contributed by atoms with Gasteiger partial charge in [0, 0.05) is 55.0 Å². The van der Waals surface area contributed by atoms with Gasteiger partial charge in [0.15, 0.2) is 0 Å².